The SMILES string of the molecule is CC1(C)CCc2c(cc(OCC(=O)N3CCC(C(=O)O)CC3)c3c4c(c(=O)oc23)CCC4)O1. The fourth-order valence-corrected chi connectivity index (χ4v) is 5.27. The van der Waals surface area contributed by atoms with E-state index in [1.54, 1.807) is 4.90 Å². The molecule has 1 aromatic carbocycles. The zero-order valence-corrected chi connectivity index (χ0v) is 19.1. The van der Waals surface area contributed by atoms with Gasteiger partial charge in [0, 0.05) is 30.3 Å². The lowest BCUT2D eigenvalue weighted by Gasteiger charge is -2.33. The number of piperidine rings is 1. The number of nitrogens with zero attached hydrogens (tertiary/aromatic N) is 1. The molecule has 0 spiro atoms. The minimum absolute atomic E-state index is 0.164. The molecule has 0 radical (unpaired) electrons. The summed E-state index contributed by atoms with van der Waals surface area (Å²) in [5, 5.41) is 9.95. The summed E-state index contributed by atoms with van der Waals surface area (Å²) in [7, 11) is 0. The van der Waals surface area contributed by atoms with Crippen LogP contribution in [0.4, 0.5) is 0 Å². The van der Waals surface area contributed by atoms with Crippen LogP contribution in [0.1, 0.15) is 56.2 Å². The molecule has 1 N–H and O–H groups in total. The van der Waals surface area contributed by atoms with E-state index in [1.165, 1.54) is 0 Å². The van der Waals surface area contributed by atoms with E-state index in [0.29, 0.717) is 55.0 Å². The average Bonchev–Trinajstić information content (AvgIpc) is 3.27. The summed E-state index contributed by atoms with van der Waals surface area (Å²) in [6, 6.07) is 1.83. The summed E-state index contributed by atoms with van der Waals surface area (Å²) in [6.07, 6.45) is 4.78. The van der Waals surface area contributed by atoms with Crippen molar-refractivity contribution in [3.63, 3.8) is 0 Å². The van der Waals surface area contributed by atoms with E-state index in [1.807, 2.05) is 19.9 Å². The van der Waals surface area contributed by atoms with Crippen LogP contribution in [-0.4, -0.2) is 47.2 Å². The highest BCUT2D eigenvalue weighted by molar-refractivity contribution is 5.93. The number of rotatable bonds is 4. The second-order valence-electron chi connectivity index (χ2n) is 9.90. The van der Waals surface area contributed by atoms with E-state index < -0.39 is 11.9 Å². The second kappa shape index (κ2) is 8.08. The van der Waals surface area contributed by atoms with Crippen LogP contribution in [0.15, 0.2) is 15.3 Å². The van der Waals surface area contributed by atoms with E-state index in [4.69, 9.17) is 13.9 Å². The summed E-state index contributed by atoms with van der Waals surface area (Å²) in [5.41, 5.74) is 2.41. The number of carboxylic acids is 1. The first-order valence-electron chi connectivity index (χ1n) is 11.7. The fourth-order valence-electron chi connectivity index (χ4n) is 5.27. The number of hydrogen-bond acceptors (Lipinski definition) is 6. The van der Waals surface area contributed by atoms with Crippen molar-refractivity contribution < 1.29 is 28.6 Å². The molecule has 0 atom stereocenters. The van der Waals surface area contributed by atoms with E-state index in [2.05, 4.69) is 0 Å². The number of carbonyl (C=O) groups excluding carboxylic acids is 1. The van der Waals surface area contributed by atoms with Crippen molar-refractivity contribution in [3.8, 4) is 11.5 Å². The Bertz CT molecular complexity index is 1190. The minimum atomic E-state index is -0.808. The molecule has 1 amide bonds. The van der Waals surface area contributed by atoms with Crippen molar-refractivity contribution in [2.45, 2.75) is 64.4 Å². The van der Waals surface area contributed by atoms with Crippen LogP contribution >= 0.6 is 0 Å². The van der Waals surface area contributed by atoms with Gasteiger partial charge in [-0.05, 0) is 64.4 Å². The highest BCUT2D eigenvalue weighted by Crippen LogP contribution is 2.44. The molecule has 5 rings (SSSR count). The average molecular weight is 456 g/mol. The monoisotopic (exact) mass is 455 g/mol. The predicted molar refractivity (Wildman–Crippen MR) is 120 cm³/mol. The molecule has 3 aliphatic rings. The Labute approximate surface area is 191 Å². The Morgan fingerprint density at radius 3 is 2.61 bits per heavy atom. The van der Waals surface area contributed by atoms with Gasteiger partial charge in [-0.2, -0.15) is 0 Å². The molecule has 1 saturated heterocycles. The summed E-state index contributed by atoms with van der Waals surface area (Å²) < 4.78 is 18.1. The number of aliphatic carboxylic acids is 1. The van der Waals surface area contributed by atoms with Crippen molar-refractivity contribution in [1.82, 2.24) is 4.90 Å². The summed E-state index contributed by atoms with van der Waals surface area (Å²) in [6.45, 7) is 4.69. The number of carbonyl (C=O) groups is 2. The van der Waals surface area contributed by atoms with E-state index in [0.717, 1.165) is 42.2 Å². The third-order valence-corrected chi connectivity index (χ3v) is 7.18. The van der Waals surface area contributed by atoms with Gasteiger partial charge in [0.25, 0.3) is 5.91 Å². The molecule has 8 heteroatoms. The summed E-state index contributed by atoms with van der Waals surface area (Å²) in [5.74, 6) is -0.260. The fraction of sp³-hybridized carbons (Fsp3) is 0.560. The Balaban J connectivity index is 1.46. The highest BCUT2D eigenvalue weighted by atomic mass is 16.5. The van der Waals surface area contributed by atoms with Gasteiger partial charge in [-0.15, -0.1) is 0 Å². The highest BCUT2D eigenvalue weighted by Gasteiger charge is 2.33. The topological polar surface area (TPSA) is 106 Å². The van der Waals surface area contributed by atoms with Crippen LogP contribution in [0.5, 0.6) is 11.5 Å². The molecule has 2 aliphatic heterocycles. The zero-order chi connectivity index (χ0) is 23.3. The Kier molecular flexibility index (Phi) is 5.34. The number of carboxylic acid groups (broad SMARTS) is 1. The van der Waals surface area contributed by atoms with Gasteiger partial charge in [-0.3, -0.25) is 9.59 Å². The van der Waals surface area contributed by atoms with E-state index >= 15 is 0 Å². The first kappa shape index (κ1) is 21.8. The third-order valence-electron chi connectivity index (χ3n) is 7.18. The van der Waals surface area contributed by atoms with Gasteiger partial charge in [0.05, 0.1) is 11.3 Å². The predicted octanol–water partition coefficient (Wildman–Crippen LogP) is 3.09. The van der Waals surface area contributed by atoms with Crippen molar-refractivity contribution >= 4 is 22.8 Å². The second-order valence-corrected chi connectivity index (χ2v) is 9.90. The summed E-state index contributed by atoms with van der Waals surface area (Å²) >= 11 is 0. The normalized spacial score (nSPS) is 19.6. The number of likely N-dealkylation sites (tertiary alicyclic amines) is 1. The molecule has 1 aromatic heterocycles. The number of hydrogen-bond donors (Lipinski definition) is 1. The standard InChI is InChI=1S/C25H29NO7/c1-25(2)9-6-17-18(33-25)12-19(21-15-4-3-5-16(15)24(30)32-22(17)21)31-13-20(27)26-10-7-14(8-11-26)23(28)29/h12,14H,3-11,13H2,1-2H3,(H,28,29). The van der Waals surface area contributed by atoms with Gasteiger partial charge >= 0.3 is 11.6 Å². The molecule has 0 saturated carbocycles. The van der Waals surface area contributed by atoms with Crippen LogP contribution in [0, 0.1) is 5.92 Å². The van der Waals surface area contributed by atoms with Crippen molar-refractivity contribution in [1.29, 1.82) is 0 Å². The van der Waals surface area contributed by atoms with Gasteiger partial charge in [0.1, 0.15) is 22.7 Å². The van der Waals surface area contributed by atoms with Gasteiger partial charge in [0.2, 0.25) is 0 Å². The molecule has 2 aromatic rings. The molecular weight excluding hydrogens is 426 g/mol. The van der Waals surface area contributed by atoms with Gasteiger partial charge in [0.15, 0.2) is 6.61 Å². The lowest BCUT2D eigenvalue weighted by molar-refractivity contribution is -0.146. The molecule has 33 heavy (non-hydrogen) atoms. The molecule has 0 bridgehead atoms. The van der Waals surface area contributed by atoms with E-state index in [9.17, 15) is 19.5 Å². The molecule has 8 nitrogen and oxygen atoms in total. The maximum absolute atomic E-state index is 12.8. The number of benzene rings is 1. The van der Waals surface area contributed by atoms with Gasteiger partial charge < -0.3 is 23.9 Å². The molecule has 1 fully saturated rings. The van der Waals surface area contributed by atoms with Crippen molar-refractivity contribution in [3.05, 3.63) is 33.2 Å². The number of aryl methyl sites for hydroxylation is 2. The Hall–Kier alpha value is -3.03. The van der Waals surface area contributed by atoms with Crippen LogP contribution in [0.25, 0.3) is 11.0 Å². The first-order chi connectivity index (χ1) is 15.7. The summed E-state index contributed by atoms with van der Waals surface area (Å²) in [4.78, 5) is 38.3. The quantitative estimate of drug-likeness (QED) is 0.706. The first-order valence-corrected chi connectivity index (χ1v) is 11.7. The van der Waals surface area contributed by atoms with Crippen LogP contribution < -0.4 is 15.1 Å². The third kappa shape index (κ3) is 3.96. The van der Waals surface area contributed by atoms with Gasteiger partial charge in [-0.1, -0.05) is 0 Å². The van der Waals surface area contributed by atoms with E-state index in [-0.39, 0.29) is 23.7 Å². The van der Waals surface area contributed by atoms with Crippen molar-refractivity contribution in [2.24, 2.45) is 5.92 Å². The smallest absolute Gasteiger partial charge is 0.339 e. The lowest BCUT2D eigenvalue weighted by Crippen LogP contribution is -2.42. The molecule has 3 heterocycles. The van der Waals surface area contributed by atoms with Crippen LogP contribution in [0.3, 0.4) is 0 Å². The minimum Gasteiger partial charge on any atom is -0.487 e. The lowest BCUT2D eigenvalue weighted by atomic mass is 9.91. The van der Waals surface area contributed by atoms with Gasteiger partial charge in [-0.25, -0.2) is 4.79 Å². The van der Waals surface area contributed by atoms with Crippen LogP contribution in [0.2, 0.25) is 0 Å². The zero-order valence-electron chi connectivity index (χ0n) is 19.1. The largest absolute Gasteiger partial charge is 0.487 e. The molecular formula is C25H29NO7. The number of ether oxygens (including phenoxy) is 2. The Morgan fingerprint density at radius 1 is 1.15 bits per heavy atom. The molecule has 176 valence electrons. The maximum Gasteiger partial charge on any atom is 0.339 e. The Morgan fingerprint density at radius 2 is 1.88 bits per heavy atom. The number of amides is 1. The van der Waals surface area contributed by atoms with Crippen molar-refractivity contribution in [2.75, 3.05) is 19.7 Å². The number of fused-ring (bicyclic) bond motifs is 5. The maximum atomic E-state index is 12.8. The van der Waals surface area contributed by atoms with Crippen LogP contribution in [-0.2, 0) is 28.9 Å². The molecule has 0 unspecified atom stereocenters. The molecule has 1 aliphatic carbocycles.